The normalized spacial score (nSPS) is 36.0. The number of esters is 2. The third-order valence-electron chi connectivity index (χ3n) is 14.2. The van der Waals surface area contributed by atoms with Gasteiger partial charge in [0, 0.05) is 59.5 Å². The molecule has 7 rings (SSSR count). The number of hydrogen-bond acceptors (Lipinski definition) is 11. The summed E-state index contributed by atoms with van der Waals surface area (Å²) in [5, 5.41) is 11.6. The highest BCUT2D eigenvalue weighted by Crippen LogP contribution is 2.68. The number of methoxy groups -OCH3 is 2. The monoisotopic (exact) mass is 839 g/mol. The molecule has 4 aliphatic carbocycles. The second-order valence-corrected chi connectivity index (χ2v) is 18.1. The predicted molar refractivity (Wildman–Crippen MR) is 212 cm³/mol. The van der Waals surface area contributed by atoms with Crippen LogP contribution in [0.1, 0.15) is 110 Å². The van der Waals surface area contributed by atoms with E-state index in [1.54, 1.807) is 33.3 Å². The van der Waals surface area contributed by atoms with Crippen molar-refractivity contribution in [3.05, 3.63) is 46.0 Å². The predicted octanol–water partition coefficient (Wildman–Crippen LogP) is 7.06. The average Bonchev–Trinajstić information content (AvgIpc) is 3.45. The van der Waals surface area contributed by atoms with E-state index in [0.29, 0.717) is 55.4 Å². The van der Waals surface area contributed by atoms with Crippen molar-refractivity contribution in [1.82, 2.24) is 4.90 Å². The summed E-state index contributed by atoms with van der Waals surface area (Å²) in [4.78, 5) is 64.3. The minimum Gasteiger partial charge on any atom is -0.493 e. The van der Waals surface area contributed by atoms with Crippen molar-refractivity contribution in [3.8, 4) is 11.5 Å². The van der Waals surface area contributed by atoms with E-state index in [-0.39, 0.29) is 41.9 Å². The van der Waals surface area contributed by atoms with Crippen LogP contribution in [0.15, 0.2) is 40.4 Å². The molecule has 11 nitrogen and oxygen atoms in total. The summed E-state index contributed by atoms with van der Waals surface area (Å²) in [5.41, 5.74) is -0.482. The summed E-state index contributed by atoms with van der Waals surface area (Å²) < 4.78 is 22.8. The molecule has 56 heavy (non-hydrogen) atoms. The molecule has 306 valence electrons. The van der Waals surface area contributed by atoms with Crippen LogP contribution in [-0.2, 0) is 33.4 Å². The Bertz CT molecular complexity index is 1810. The first kappa shape index (κ1) is 42.3. The van der Waals surface area contributed by atoms with Gasteiger partial charge in [-0.2, -0.15) is 0 Å². The van der Waals surface area contributed by atoms with Gasteiger partial charge in [-0.15, -0.1) is 0 Å². The molecule has 0 spiro atoms. The van der Waals surface area contributed by atoms with Gasteiger partial charge in [0.25, 0.3) is 0 Å². The fourth-order valence-electron chi connectivity index (χ4n) is 11.7. The van der Waals surface area contributed by atoms with Crippen LogP contribution < -0.4 is 9.47 Å². The number of aliphatic hydroxyl groups excluding tert-OH is 1. The maximum Gasteiger partial charge on any atom is 0.306 e. The van der Waals surface area contributed by atoms with Crippen LogP contribution in [-0.4, -0.2) is 84.4 Å². The summed E-state index contributed by atoms with van der Waals surface area (Å²) in [6.45, 7) is 9.72. The smallest absolute Gasteiger partial charge is 0.306 e. The lowest BCUT2D eigenvalue weighted by atomic mass is 9.44. The molecule has 10 atom stereocenters. The lowest BCUT2D eigenvalue weighted by Gasteiger charge is -2.61. The van der Waals surface area contributed by atoms with Crippen molar-refractivity contribution in [2.45, 2.75) is 123 Å². The van der Waals surface area contributed by atoms with Crippen LogP contribution in [0.5, 0.6) is 11.5 Å². The molecule has 2 heterocycles. The fraction of sp³-hybridized carbons (Fsp3) is 0.659. The number of allylic oxidation sites excluding steroid dienone is 4. The summed E-state index contributed by atoms with van der Waals surface area (Å²) in [6, 6.07) is 4.49. The largest absolute Gasteiger partial charge is 0.493 e. The third-order valence-corrected chi connectivity index (χ3v) is 14.9. The molecular formula is C44H58BrNO10. The minimum atomic E-state index is -1.44. The van der Waals surface area contributed by atoms with E-state index >= 15 is 0 Å². The van der Waals surface area contributed by atoms with E-state index < -0.39 is 46.9 Å². The van der Waals surface area contributed by atoms with Crippen molar-refractivity contribution in [1.29, 1.82) is 0 Å². The van der Waals surface area contributed by atoms with Gasteiger partial charge in [-0.3, -0.25) is 28.9 Å². The molecule has 0 radical (unpaired) electrons. The molecule has 1 aromatic rings. The van der Waals surface area contributed by atoms with Gasteiger partial charge < -0.3 is 24.1 Å². The summed E-state index contributed by atoms with van der Waals surface area (Å²) in [7, 11) is 3.28. The SMILES string of the molecule is CCC(=O)O[C@]1(C(=O)COC(C)=O)CC[C@H]2[C@@H]3C[C@H](C)C4=CC(=O)C=C[C@]4(C)[C@H]3[C@@H](O)C[C@@]21C.COc1cc(Br)c(C2CC(=O)CC3CCCCN32)cc1OC. The number of ketones is 3. The van der Waals surface area contributed by atoms with Crippen LogP contribution in [0, 0.1) is 34.5 Å². The molecule has 2 aliphatic heterocycles. The number of piperidine rings is 2. The molecule has 6 aliphatic rings. The van der Waals surface area contributed by atoms with Gasteiger partial charge >= 0.3 is 11.9 Å². The lowest BCUT2D eigenvalue weighted by Crippen LogP contribution is -2.63. The molecule has 1 aromatic carbocycles. The minimum absolute atomic E-state index is 0.0182. The molecular weight excluding hydrogens is 782 g/mol. The van der Waals surface area contributed by atoms with E-state index in [9.17, 15) is 29.1 Å². The Labute approximate surface area is 339 Å². The van der Waals surface area contributed by atoms with Gasteiger partial charge in [-0.1, -0.05) is 61.7 Å². The van der Waals surface area contributed by atoms with E-state index in [1.807, 2.05) is 25.1 Å². The van der Waals surface area contributed by atoms with Gasteiger partial charge in [0.05, 0.1) is 20.3 Å². The number of benzene rings is 1. The van der Waals surface area contributed by atoms with Gasteiger partial charge in [0.1, 0.15) is 5.78 Å². The number of ether oxygens (including phenoxy) is 4. The number of Topliss-reactive ketones (excluding diaryl/α,β-unsaturated/α-hetero) is 2. The van der Waals surface area contributed by atoms with Crippen molar-refractivity contribution < 1.29 is 48.0 Å². The van der Waals surface area contributed by atoms with Gasteiger partial charge in [-0.05, 0) is 92.7 Å². The zero-order valence-electron chi connectivity index (χ0n) is 33.9. The number of rotatable bonds is 8. The first-order chi connectivity index (χ1) is 26.5. The Kier molecular flexibility index (Phi) is 12.4. The van der Waals surface area contributed by atoms with Crippen molar-refractivity contribution in [2.75, 3.05) is 27.4 Å². The number of aliphatic hydroxyl groups is 1. The highest BCUT2D eigenvalue weighted by atomic mass is 79.9. The van der Waals surface area contributed by atoms with Crippen LogP contribution in [0.2, 0.25) is 0 Å². The highest BCUT2D eigenvalue weighted by Gasteiger charge is 2.70. The summed E-state index contributed by atoms with van der Waals surface area (Å²) in [5.74, 6) is 0.495. The molecule has 3 saturated carbocycles. The molecule has 5 fully saturated rings. The number of nitrogens with zero attached hydrogens (tertiary/aromatic N) is 1. The summed E-state index contributed by atoms with van der Waals surface area (Å²) in [6.07, 6.45) is 11.6. The Morgan fingerprint density at radius 2 is 1.75 bits per heavy atom. The molecule has 2 saturated heterocycles. The highest BCUT2D eigenvalue weighted by molar-refractivity contribution is 9.10. The molecule has 12 heteroatoms. The maximum absolute atomic E-state index is 13.5. The Morgan fingerprint density at radius 1 is 1.04 bits per heavy atom. The van der Waals surface area contributed by atoms with Crippen molar-refractivity contribution in [2.24, 2.45) is 34.5 Å². The second kappa shape index (κ2) is 16.5. The van der Waals surface area contributed by atoms with Crippen molar-refractivity contribution >= 4 is 45.2 Å². The maximum atomic E-state index is 13.5. The number of fused-ring (bicyclic) bond motifs is 6. The lowest BCUT2D eigenvalue weighted by molar-refractivity contribution is -0.201. The molecule has 0 aromatic heterocycles. The summed E-state index contributed by atoms with van der Waals surface area (Å²) >= 11 is 3.65. The van der Waals surface area contributed by atoms with Gasteiger partial charge in [0.15, 0.2) is 29.5 Å². The molecule has 1 N–H and O–H groups in total. The van der Waals surface area contributed by atoms with Crippen LogP contribution >= 0.6 is 15.9 Å². The Morgan fingerprint density at radius 3 is 2.43 bits per heavy atom. The number of carbonyl (C=O) groups excluding carboxylic acids is 5. The Balaban J connectivity index is 0.000000208. The average molecular weight is 841 g/mol. The van der Waals surface area contributed by atoms with Gasteiger partial charge in [0.2, 0.25) is 5.78 Å². The number of halogens is 1. The van der Waals surface area contributed by atoms with E-state index in [2.05, 4.69) is 34.7 Å². The molecule has 0 amide bonds. The zero-order chi connectivity index (χ0) is 40.7. The molecule has 2 unspecified atom stereocenters. The van der Waals surface area contributed by atoms with Crippen LogP contribution in [0.3, 0.4) is 0 Å². The number of hydrogen-bond donors (Lipinski definition) is 1. The Hall–Kier alpha value is -3.35. The standard InChI is InChI=1S/C27H36O7.C17H22BrNO3/c1-6-23(32)34-27(22(31)14-33-16(3)28)10-8-19-18-11-15(2)20-12-17(29)7-9-25(20,4)24(18)21(30)13-26(19,27)5;1-21-16-9-13(14(18)10-17(16)22-2)15-8-12(20)7-11-5-3-4-6-19(11)15/h7,9,12,15,18-19,21,24,30H,6,8,10-11,13-14H2,1-5H3;9-11,15H,3-8H2,1-2H3/t15-,18-,19-,21-,24+,25-,26-,27-;/m0./s1. The topological polar surface area (TPSA) is 146 Å². The molecule has 0 bridgehead atoms. The van der Waals surface area contributed by atoms with E-state index in [4.69, 9.17) is 18.9 Å². The van der Waals surface area contributed by atoms with E-state index in [0.717, 1.165) is 35.0 Å². The first-order valence-electron chi connectivity index (χ1n) is 20.2. The third kappa shape index (κ3) is 7.43. The first-order valence-corrected chi connectivity index (χ1v) is 21.0. The second-order valence-electron chi connectivity index (χ2n) is 17.2. The van der Waals surface area contributed by atoms with Crippen LogP contribution in [0.4, 0.5) is 0 Å². The number of carbonyl (C=O) groups is 5. The quantitative estimate of drug-likeness (QED) is 0.269. The van der Waals surface area contributed by atoms with Crippen molar-refractivity contribution in [3.63, 3.8) is 0 Å². The fourth-order valence-corrected chi connectivity index (χ4v) is 12.3. The van der Waals surface area contributed by atoms with E-state index in [1.165, 1.54) is 19.8 Å². The zero-order valence-corrected chi connectivity index (χ0v) is 35.4. The van der Waals surface area contributed by atoms with Crippen LogP contribution in [0.25, 0.3) is 0 Å². The van der Waals surface area contributed by atoms with Gasteiger partial charge in [-0.25, -0.2) is 0 Å².